The summed E-state index contributed by atoms with van der Waals surface area (Å²) in [6.07, 6.45) is -1.12. The first kappa shape index (κ1) is 11.6. The third kappa shape index (κ3) is 2.30. The van der Waals surface area contributed by atoms with E-state index in [9.17, 15) is 13.2 Å². The molecule has 0 radical (unpaired) electrons. The van der Waals surface area contributed by atoms with Crippen LogP contribution in [0.3, 0.4) is 0 Å². The first-order chi connectivity index (χ1) is 8.09. The summed E-state index contributed by atoms with van der Waals surface area (Å²) in [4.78, 5) is 4.06. The largest absolute Gasteiger partial charge is 0.263 e. The average Bonchev–Trinajstić information content (AvgIpc) is 2.30. The molecule has 0 amide bonds. The van der Waals surface area contributed by atoms with Gasteiger partial charge in [0.25, 0.3) is 6.43 Å². The number of halogens is 3. The van der Waals surface area contributed by atoms with Crippen molar-refractivity contribution >= 4 is 0 Å². The molecule has 1 nitrogen and oxygen atoms in total. The molecule has 0 bridgehead atoms. The number of aromatic nitrogens is 1. The Hall–Kier alpha value is -1.84. The van der Waals surface area contributed by atoms with Gasteiger partial charge < -0.3 is 0 Å². The summed E-state index contributed by atoms with van der Waals surface area (Å²) in [6.45, 7) is 1.79. The van der Waals surface area contributed by atoms with Crippen LogP contribution in [0.25, 0.3) is 11.3 Å². The van der Waals surface area contributed by atoms with Crippen LogP contribution in [0.2, 0.25) is 0 Å². The minimum atomic E-state index is -2.66. The maximum atomic E-state index is 13.7. The van der Waals surface area contributed by atoms with Crippen LogP contribution in [-0.2, 0) is 0 Å². The van der Waals surface area contributed by atoms with E-state index in [4.69, 9.17) is 0 Å². The van der Waals surface area contributed by atoms with Crippen LogP contribution in [0.1, 0.15) is 17.6 Å². The van der Waals surface area contributed by atoms with E-state index >= 15 is 0 Å². The maximum Gasteiger partial charge on any atom is 0.263 e. The molecule has 0 fully saturated rings. The predicted octanol–water partition coefficient (Wildman–Crippen LogP) is 4.13. The Kier molecular flexibility index (Phi) is 3.13. The van der Waals surface area contributed by atoms with Crippen molar-refractivity contribution in [3.8, 4) is 11.3 Å². The summed E-state index contributed by atoms with van der Waals surface area (Å²) < 4.78 is 38.5. The molecule has 0 saturated heterocycles. The van der Waals surface area contributed by atoms with Crippen molar-refractivity contribution in [1.82, 2.24) is 4.98 Å². The molecular formula is C13H10F3N. The molecule has 1 aromatic carbocycles. The molecule has 1 aromatic heterocycles. The van der Waals surface area contributed by atoms with E-state index < -0.39 is 12.2 Å². The molecule has 0 aliphatic rings. The van der Waals surface area contributed by atoms with Crippen LogP contribution in [-0.4, -0.2) is 4.98 Å². The first-order valence-corrected chi connectivity index (χ1v) is 5.09. The molecule has 0 aliphatic carbocycles. The SMILES string of the molecule is Cc1cccnc1-c1ccc(C(F)F)cc1F. The molecule has 1 heterocycles. The van der Waals surface area contributed by atoms with Crippen molar-refractivity contribution in [3.05, 3.63) is 53.5 Å². The second-order valence-electron chi connectivity index (χ2n) is 3.71. The van der Waals surface area contributed by atoms with E-state index in [2.05, 4.69) is 4.98 Å². The Morgan fingerprint density at radius 1 is 1.18 bits per heavy atom. The predicted molar refractivity (Wildman–Crippen MR) is 59.3 cm³/mol. The quantitative estimate of drug-likeness (QED) is 0.765. The topological polar surface area (TPSA) is 12.9 Å². The lowest BCUT2D eigenvalue weighted by Crippen LogP contribution is -1.93. The molecule has 0 unspecified atom stereocenters. The summed E-state index contributed by atoms with van der Waals surface area (Å²) >= 11 is 0. The van der Waals surface area contributed by atoms with Gasteiger partial charge in [-0.2, -0.15) is 0 Å². The van der Waals surface area contributed by atoms with Gasteiger partial charge in [-0.15, -0.1) is 0 Å². The zero-order chi connectivity index (χ0) is 12.4. The second kappa shape index (κ2) is 4.57. The third-order valence-corrected chi connectivity index (χ3v) is 2.51. The Bertz CT molecular complexity index is 538. The first-order valence-electron chi connectivity index (χ1n) is 5.09. The number of alkyl halides is 2. The lowest BCUT2D eigenvalue weighted by atomic mass is 10.0. The minimum absolute atomic E-state index is 0.243. The average molecular weight is 237 g/mol. The van der Waals surface area contributed by atoms with Crippen LogP contribution in [0, 0.1) is 12.7 Å². The number of pyridine rings is 1. The standard InChI is InChI=1S/C13H10F3N/c1-8-3-2-6-17-12(8)10-5-4-9(13(15)16)7-11(10)14/h2-7,13H,1H3. The van der Waals surface area contributed by atoms with Gasteiger partial charge in [0.15, 0.2) is 0 Å². The van der Waals surface area contributed by atoms with E-state index in [0.29, 0.717) is 5.69 Å². The molecule has 17 heavy (non-hydrogen) atoms. The number of rotatable bonds is 2. The van der Waals surface area contributed by atoms with E-state index in [1.807, 2.05) is 0 Å². The van der Waals surface area contributed by atoms with Gasteiger partial charge in [-0.25, -0.2) is 13.2 Å². The zero-order valence-corrected chi connectivity index (χ0v) is 9.12. The normalized spacial score (nSPS) is 10.9. The Morgan fingerprint density at radius 3 is 2.53 bits per heavy atom. The van der Waals surface area contributed by atoms with E-state index in [1.54, 1.807) is 25.3 Å². The highest BCUT2D eigenvalue weighted by Gasteiger charge is 2.13. The van der Waals surface area contributed by atoms with Crippen molar-refractivity contribution in [2.24, 2.45) is 0 Å². The lowest BCUT2D eigenvalue weighted by Gasteiger charge is -2.07. The highest BCUT2D eigenvalue weighted by Crippen LogP contribution is 2.27. The van der Waals surface area contributed by atoms with Gasteiger partial charge in [-0.05, 0) is 30.7 Å². The van der Waals surface area contributed by atoms with Crippen LogP contribution in [0.15, 0.2) is 36.5 Å². The molecular weight excluding hydrogens is 227 g/mol. The van der Waals surface area contributed by atoms with Crippen molar-refractivity contribution in [2.45, 2.75) is 13.3 Å². The van der Waals surface area contributed by atoms with Gasteiger partial charge in [-0.3, -0.25) is 4.98 Å². The smallest absolute Gasteiger partial charge is 0.256 e. The highest BCUT2D eigenvalue weighted by molar-refractivity contribution is 5.63. The van der Waals surface area contributed by atoms with Crippen molar-refractivity contribution in [3.63, 3.8) is 0 Å². The summed E-state index contributed by atoms with van der Waals surface area (Å²) in [6, 6.07) is 6.95. The molecule has 0 spiro atoms. The molecule has 2 rings (SSSR count). The van der Waals surface area contributed by atoms with Crippen LogP contribution in [0.5, 0.6) is 0 Å². The Morgan fingerprint density at radius 2 is 1.94 bits per heavy atom. The third-order valence-electron chi connectivity index (χ3n) is 2.51. The van der Waals surface area contributed by atoms with Gasteiger partial charge in [0.1, 0.15) is 5.82 Å². The van der Waals surface area contributed by atoms with Crippen molar-refractivity contribution in [1.29, 1.82) is 0 Å². The van der Waals surface area contributed by atoms with Crippen molar-refractivity contribution in [2.75, 3.05) is 0 Å². The van der Waals surface area contributed by atoms with Crippen LogP contribution in [0.4, 0.5) is 13.2 Å². The maximum absolute atomic E-state index is 13.7. The monoisotopic (exact) mass is 237 g/mol. The van der Waals surface area contributed by atoms with Gasteiger partial charge in [0, 0.05) is 17.3 Å². The van der Waals surface area contributed by atoms with Gasteiger partial charge in [-0.1, -0.05) is 12.1 Å². The number of hydrogen-bond donors (Lipinski definition) is 0. The molecule has 0 aliphatic heterocycles. The fourth-order valence-corrected chi connectivity index (χ4v) is 1.63. The molecule has 2 aromatic rings. The fourth-order valence-electron chi connectivity index (χ4n) is 1.63. The Labute approximate surface area is 96.9 Å². The summed E-state index contributed by atoms with van der Waals surface area (Å²) in [7, 11) is 0. The highest BCUT2D eigenvalue weighted by atomic mass is 19.3. The summed E-state index contributed by atoms with van der Waals surface area (Å²) in [5.41, 5.74) is 1.20. The second-order valence-corrected chi connectivity index (χ2v) is 3.71. The van der Waals surface area contributed by atoms with Gasteiger partial charge in [0.05, 0.1) is 5.69 Å². The van der Waals surface area contributed by atoms with E-state index in [0.717, 1.165) is 11.6 Å². The minimum Gasteiger partial charge on any atom is -0.256 e. The van der Waals surface area contributed by atoms with Crippen LogP contribution < -0.4 is 0 Å². The molecule has 88 valence electrons. The van der Waals surface area contributed by atoms with E-state index in [1.165, 1.54) is 12.1 Å². The number of nitrogens with zero attached hydrogens (tertiary/aromatic N) is 1. The van der Waals surface area contributed by atoms with E-state index in [-0.39, 0.29) is 11.1 Å². The number of hydrogen-bond acceptors (Lipinski definition) is 1. The molecule has 0 saturated carbocycles. The van der Waals surface area contributed by atoms with Crippen molar-refractivity contribution < 1.29 is 13.2 Å². The molecule has 0 atom stereocenters. The number of benzene rings is 1. The number of aryl methyl sites for hydroxylation is 1. The summed E-state index contributed by atoms with van der Waals surface area (Å²) in [5, 5.41) is 0. The zero-order valence-electron chi connectivity index (χ0n) is 9.12. The lowest BCUT2D eigenvalue weighted by molar-refractivity contribution is 0.151. The summed E-state index contributed by atoms with van der Waals surface area (Å²) in [5.74, 6) is -0.676. The molecule has 0 N–H and O–H groups in total. The van der Waals surface area contributed by atoms with Gasteiger partial charge in [0.2, 0.25) is 0 Å². The van der Waals surface area contributed by atoms with Crippen LogP contribution >= 0.6 is 0 Å². The fraction of sp³-hybridized carbons (Fsp3) is 0.154. The Balaban J connectivity index is 2.51. The van der Waals surface area contributed by atoms with Gasteiger partial charge >= 0.3 is 0 Å². The molecule has 4 heteroatoms.